The van der Waals surface area contributed by atoms with Gasteiger partial charge >= 0.3 is 0 Å². The molecular formula is C27H28N2O4. The zero-order chi connectivity index (χ0) is 23.2. The van der Waals surface area contributed by atoms with Crippen LogP contribution in [-0.4, -0.2) is 41.2 Å². The van der Waals surface area contributed by atoms with Crippen LogP contribution in [0.4, 0.5) is 5.69 Å². The molecule has 2 atom stereocenters. The van der Waals surface area contributed by atoms with Crippen LogP contribution in [0.2, 0.25) is 0 Å². The van der Waals surface area contributed by atoms with Crippen molar-refractivity contribution in [3.05, 3.63) is 102 Å². The molecule has 0 unspecified atom stereocenters. The highest BCUT2D eigenvalue weighted by Crippen LogP contribution is 2.39. The number of aliphatic hydroxyl groups is 1. The molecule has 0 saturated carbocycles. The van der Waals surface area contributed by atoms with E-state index in [1.54, 1.807) is 11.8 Å². The normalized spacial score (nSPS) is 17.9. The van der Waals surface area contributed by atoms with Gasteiger partial charge in [-0.3, -0.25) is 9.59 Å². The number of hydrogen-bond donors (Lipinski definition) is 1. The number of ether oxygens (including phenoxy) is 1. The number of para-hydroxylation sites is 1. The molecule has 1 N–H and O–H groups in total. The fraction of sp³-hybridized carbons (Fsp3) is 0.259. The molecule has 0 fully saturated rings. The summed E-state index contributed by atoms with van der Waals surface area (Å²) >= 11 is 0. The number of hydrogen-bond acceptors (Lipinski definition) is 4. The standard InChI is InChI=1S/C27H28N2O4/c1-2-24(31)28(17-18-30)27-26(32)29(19-20-11-5-3-6-12-20)23-16-10-9-15-22(23)25(33-27)21-13-7-4-8-14-21/h3-16,25,27,30H,2,17-19H2,1H3/t25-,27-/m1/s1. The molecule has 1 aliphatic rings. The van der Waals surface area contributed by atoms with E-state index in [9.17, 15) is 14.7 Å². The monoisotopic (exact) mass is 444 g/mol. The van der Waals surface area contributed by atoms with Crippen molar-refractivity contribution >= 4 is 17.5 Å². The molecular weight excluding hydrogens is 416 g/mol. The molecule has 2 amide bonds. The Labute approximate surface area is 194 Å². The molecule has 4 rings (SSSR count). The van der Waals surface area contributed by atoms with E-state index in [4.69, 9.17) is 4.74 Å². The van der Waals surface area contributed by atoms with E-state index < -0.39 is 12.3 Å². The minimum Gasteiger partial charge on any atom is -0.395 e. The summed E-state index contributed by atoms with van der Waals surface area (Å²) in [5, 5.41) is 9.65. The molecule has 1 aliphatic heterocycles. The lowest BCUT2D eigenvalue weighted by molar-refractivity contribution is -0.162. The molecule has 33 heavy (non-hydrogen) atoms. The van der Waals surface area contributed by atoms with Gasteiger partial charge in [0.1, 0.15) is 6.10 Å². The third-order valence-electron chi connectivity index (χ3n) is 5.78. The first-order valence-corrected chi connectivity index (χ1v) is 11.2. The maximum atomic E-state index is 14.0. The van der Waals surface area contributed by atoms with Gasteiger partial charge in [0.2, 0.25) is 12.1 Å². The number of carbonyl (C=O) groups excluding carboxylic acids is 2. The minimum atomic E-state index is -1.16. The van der Waals surface area contributed by atoms with Crippen molar-refractivity contribution in [1.82, 2.24) is 4.90 Å². The van der Waals surface area contributed by atoms with Crippen molar-refractivity contribution < 1.29 is 19.4 Å². The summed E-state index contributed by atoms with van der Waals surface area (Å²) in [6.45, 7) is 1.82. The molecule has 3 aromatic carbocycles. The van der Waals surface area contributed by atoms with E-state index in [0.29, 0.717) is 6.54 Å². The number of aliphatic hydroxyl groups excluding tert-OH is 1. The quantitative estimate of drug-likeness (QED) is 0.600. The number of nitrogens with zero attached hydrogens (tertiary/aromatic N) is 2. The van der Waals surface area contributed by atoms with Gasteiger partial charge in [-0.1, -0.05) is 85.8 Å². The van der Waals surface area contributed by atoms with Crippen molar-refractivity contribution in [2.75, 3.05) is 18.1 Å². The van der Waals surface area contributed by atoms with Crippen LogP contribution in [0.15, 0.2) is 84.9 Å². The second-order valence-corrected chi connectivity index (χ2v) is 7.91. The summed E-state index contributed by atoms with van der Waals surface area (Å²) in [4.78, 5) is 29.8. The summed E-state index contributed by atoms with van der Waals surface area (Å²) in [6.07, 6.45) is -1.51. The van der Waals surface area contributed by atoms with Gasteiger partial charge in [0.25, 0.3) is 5.91 Å². The van der Waals surface area contributed by atoms with Crippen molar-refractivity contribution in [2.24, 2.45) is 0 Å². The van der Waals surface area contributed by atoms with E-state index in [1.807, 2.05) is 84.9 Å². The van der Waals surface area contributed by atoms with Crippen LogP contribution in [-0.2, 0) is 20.9 Å². The number of amides is 2. The molecule has 6 heteroatoms. The highest BCUT2D eigenvalue weighted by molar-refractivity contribution is 5.99. The Hall–Kier alpha value is -3.48. The molecule has 0 bridgehead atoms. The second kappa shape index (κ2) is 10.4. The third kappa shape index (κ3) is 4.82. The highest BCUT2D eigenvalue weighted by atomic mass is 16.5. The Bertz CT molecular complexity index is 1090. The Kier molecular flexibility index (Phi) is 7.17. The first-order chi connectivity index (χ1) is 16.1. The first-order valence-electron chi connectivity index (χ1n) is 11.2. The fourth-order valence-corrected chi connectivity index (χ4v) is 4.17. The van der Waals surface area contributed by atoms with Gasteiger partial charge in [0.15, 0.2) is 0 Å². The van der Waals surface area contributed by atoms with Crippen LogP contribution in [0.5, 0.6) is 0 Å². The van der Waals surface area contributed by atoms with E-state index in [1.165, 1.54) is 4.90 Å². The zero-order valence-corrected chi connectivity index (χ0v) is 18.6. The summed E-state index contributed by atoms with van der Waals surface area (Å²) in [7, 11) is 0. The molecule has 170 valence electrons. The lowest BCUT2D eigenvalue weighted by Crippen LogP contribution is -2.52. The van der Waals surface area contributed by atoms with Gasteiger partial charge in [0.05, 0.1) is 18.8 Å². The molecule has 1 heterocycles. The number of carbonyl (C=O) groups is 2. The van der Waals surface area contributed by atoms with Crippen molar-refractivity contribution in [1.29, 1.82) is 0 Å². The fourth-order valence-electron chi connectivity index (χ4n) is 4.17. The summed E-state index contributed by atoms with van der Waals surface area (Å²) in [6, 6.07) is 27.1. The van der Waals surface area contributed by atoms with Crippen LogP contribution in [0.25, 0.3) is 0 Å². The van der Waals surface area contributed by atoms with Gasteiger partial charge in [-0.15, -0.1) is 0 Å². The van der Waals surface area contributed by atoms with Crippen molar-refractivity contribution in [2.45, 2.75) is 32.2 Å². The maximum absolute atomic E-state index is 14.0. The maximum Gasteiger partial charge on any atom is 0.277 e. The van der Waals surface area contributed by atoms with Gasteiger partial charge in [0, 0.05) is 18.5 Å². The molecule has 0 radical (unpaired) electrons. The molecule has 3 aromatic rings. The van der Waals surface area contributed by atoms with Gasteiger partial charge in [-0.25, -0.2) is 0 Å². The van der Waals surface area contributed by atoms with E-state index in [2.05, 4.69) is 0 Å². The molecule has 6 nitrogen and oxygen atoms in total. The average Bonchev–Trinajstić information content (AvgIpc) is 2.98. The van der Waals surface area contributed by atoms with Crippen molar-refractivity contribution in [3.8, 4) is 0 Å². The van der Waals surface area contributed by atoms with Crippen LogP contribution in [0.1, 0.15) is 36.1 Å². The number of rotatable bonds is 7. The number of anilines is 1. The van der Waals surface area contributed by atoms with E-state index in [-0.39, 0.29) is 31.4 Å². The highest BCUT2D eigenvalue weighted by Gasteiger charge is 2.40. The lowest BCUT2D eigenvalue weighted by Gasteiger charge is -2.33. The second-order valence-electron chi connectivity index (χ2n) is 7.91. The van der Waals surface area contributed by atoms with E-state index in [0.717, 1.165) is 22.4 Å². The van der Waals surface area contributed by atoms with Gasteiger partial charge in [-0.2, -0.15) is 0 Å². The summed E-state index contributed by atoms with van der Waals surface area (Å²) < 4.78 is 6.44. The average molecular weight is 445 g/mol. The Morgan fingerprint density at radius 2 is 1.61 bits per heavy atom. The number of benzene rings is 3. The van der Waals surface area contributed by atoms with Crippen molar-refractivity contribution in [3.63, 3.8) is 0 Å². The molecule has 0 aliphatic carbocycles. The summed E-state index contributed by atoms with van der Waals surface area (Å²) in [5.74, 6) is -0.584. The smallest absolute Gasteiger partial charge is 0.277 e. The predicted molar refractivity (Wildman–Crippen MR) is 126 cm³/mol. The Morgan fingerprint density at radius 3 is 2.27 bits per heavy atom. The van der Waals surface area contributed by atoms with Crippen LogP contribution in [0, 0.1) is 0 Å². The topological polar surface area (TPSA) is 70.1 Å². The van der Waals surface area contributed by atoms with Crippen LogP contribution < -0.4 is 4.90 Å². The Morgan fingerprint density at radius 1 is 0.970 bits per heavy atom. The predicted octanol–water partition coefficient (Wildman–Crippen LogP) is 3.90. The van der Waals surface area contributed by atoms with Gasteiger partial charge < -0.3 is 19.6 Å². The zero-order valence-electron chi connectivity index (χ0n) is 18.6. The molecule has 0 aromatic heterocycles. The van der Waals surface area contributed by atoms with Gasteiger partial charge in [-0.05, 0) is 17.2 Å². The molecule has 0 spiro atoms. The van der Waals surface area contributed by atoms with E-state index >= 15 is 0 Å². The lowest BCUT2D eigenvalue weighted by atomic mass is 9.99. The SMILES string of the molecule is CCC(=O)N(CCO)[C@@H]1O[C@H](c2ccccc2)c2ccccc2N(Cc2ccccc2)C1=O. The first kappa shape index (κ1) is 22.7. The minimum absolute atomic E-state index is 0.0140. The Balaban J connectivity index is 1.86. The largest absolute Gasteiger partial charge is 0.395 e. The molecule has 0 saturated heterocycles. The number of fused-ring (bicyclic) bond motifs is 1. The van der Waals surface area contributed by atoms with Crippen LogP contribution >= 0.6 is 0 Å². The van der Waals surface area contributed by atoms with Crippen LogP contribution in [0.3, 0.4) is 0 Å². The third-order valence-corrected chi connectivity index (χ3v) is 5.78. The summed E-state index contributed by atoms with van der Waals surface area (Å²) in [5.41, 5.74) is 3.45.